The van der Waals surface area contributed by atoms with Crippen molar-refractivity contribution in [2.45, 2.75) is 25.5 Å². The maximum Gasteiger partial charge on any atom is 0.255 e. The molecule has 1 aromatic carbocycles. The van der Waals surface area contributed by atoms with Crippen LogP contribution in [0.1, 0.15) is 23.2 Å². The first-order valence-corrected chi connectivity index (χ1v) is 7.90. The molecule has 1 fully saturated rings. The van der Waals surface area contributed by atoms with Crippen LogP contribution < -0.4 is 10.1 Å². The van der Waals surface area contributed by atoms with E-state index in [1.807, 2.05) is 29.0 Å². The van der Waals surface area contributed by atoms with E-state index in [4.69, 9.17) is 9.47 Å². The highest BCUT2D eigenvalue weighted by atomic mass is 16.5. The average molecular weight is 315 g/mol. The van der Waals surface area contributed by atoms with E-state index in [9.17, 15) is 4.79 Å². The predicted molar refractivity (Wildman–Crippen MR) is 85.5 cm³/mol. The van der Waals surface area contributed by atoms with Crippen molar-refractivity contribution in [3.63, 3.8) is 0 Å². The molecule has 6 heteroatoms. The number of para-hydroxylation sites is 1. The zero-order valence-corrected chi connectivity index (χ0v) is 13.0. The number of amides is 1. The lowest BCUT2D eigenvalue weighted by Gasteiger charge is -2.14. The van der Waals surface area contributed by atoms with Crippen LogP contribution in [0.2, 0.25) is 0 Å². The van der Waals surface area contributed by atoms with Gasteiger partial charge in [0.05, 0.1) is 18.0 Å². The summed E-state index contributed by atoms with van der Waals surface area (Å²) in [4.78, 5) is 16.3. The average Bonchev–Trinajstić information content (AvgIpc) is 3.27. The molecule has 1 aromatic heterocycles. The minimum atomic E-state index is -0.131. The van der Waals surface area contributed by atoms with Crippen molar-refractivity contribution in [3.8, 4) is 5.75 Å². The second kappa shape index (κ2) is 7.78. The molecule has 2 heterocycles. The molecule has 1 saturated heterocycles. The van der Waals surface area contributed by atoms with E-state index in [-0.39, 0.29) is 12.0 Å². The summed E-state index contributed by atoms with van der Waals surface area (Å²) in [6.45, 7) is 2.50. The van der Waals surface area contributed by atoms with E-state index in [0.29, 0.717) is 31.0 Å². The third-order valence-corrected chi connectivity index (χ3v) is 3.80. The number of imidazole rings is 1. The number of rotatable bonds is 7. The van der Waals surface area contributed by atoms with Gasteiger partial charge in [-0.15, -0.1) is 0 Å². The number of nitrogens with one attached hydrogen (secondary N) is 1. The minimum absolute atomic E-state index is 0.131. The molecule has 122 valence electrons. The van der Waals surface area contributed by atoms with E-state index in [1.54, 1.807) is 18.6 Å². The smallest absolute Gasteiger partial charge is 0.255 e. The number of carbonyl (C=O) groups is 1. The van der Waals surface area contributed by atoms with Crippen molar-refractivity contribution in [2.24, 2.45) is 0 Å². The van der Waals surface area contributed by atoms with E-state index in [0.717, 1.165) is 19.4 Å². The van der Waals surface area contributed by atoms with Crippen molar-refractivity contribution in [2.75, 3.05) is 19.8 Å². The Balaban J connectivity index is 1.54. The molecule has 23 heavy (non-hydrogen) atoms. The van der Waals surface area contributed by atoms with Crippen LogP contribution in [0.5, 0.6) is 5.75 Å². The highest BCUT2D eigenvalue weighted by Crippen LogP contribution is 2.20. The number of carbonyl (C=O) groups excluding carboxylic acids is 1. The molecule has 3 rings (SSSR count). The van der Waals surface area contributed by atoms with Gasteiger partial charge in [0.1, 0.15) is 12.4 Å². The Morgan fingerprint density at radius 2 is 2.35 bits per heavy atom. The molecule has 0 radical (unpaired) electrons. The predicted octanol–water partition coefficient (Wildman–Crippen LogP) is 1.87. The topological polar surface area (TPSA) is 65.4 Å². The van der Waals surface area contributed by atoms with Crippen molar-refractivity contribution < 1.29 is 14.3 Å². The Bertz CT molecular complexity index is 622. The molecule has 6 nitrogen and oxygen atoms in total. The summed E-state index contributed by atoms with van der Waals surface area (Å²) in [7, 11) is 0. The monoisotopic (exact) mass is 315 g/mol. The first kappa shape index (κ1) is 15.6. The first-order valence-electron chi connectivity index (χ1n) is 7.90. The molecular weight excluding hydrogens is 294 g/mol. The summed E-state index contributed by atoms with van der Waals surface area (Å²) in [6, 6.07) is 7.30. The number of hydrogen-bond acceptors (Lipinski definition) is 4. The Kier molecular flexibility index (Phi) is 5.26. The van der Waals surface area contributed by atoms with Gasteiger partial charge in [0, 0.05) is 32.1 Å². The lowest BCUT2D eigenvalue weighted by Crippen LogP contribution is -2.27. The quantitative estimate of drug-likeness (QED) is 0.847. The van der Waals surface area contributed by atoms with Crippen molar-refractivity contribution >= 4 is 5.91 Å². The van der Waals surface area contributed by atoms with Crippen molar-refractivity contribution in [1.29, 1.82) is 0 Å². The largest absolute Gasteiger partial charge is 0.490 e. The highest BCUT2D eigenvalue weighted by Gasteiger charge is 2.18. The summed E-state index contributed by atoms with van der Waals surface area (Å²) in [6.07, 6.45) is 7.53. The number of nitrogens with zero attached hydrogens (tertiary/aromatic N) is 2. The van der Waals surface area contributed by atoms with Crippen LogP contribution in [0.3, 0.4) is 0 Å². The van der Waals surface area contributed by atoms with Gasteiger partial charge in [0.25, 0.3) is 5.91 Å². The van der Waals surface area contributed by atoms with Crippen LogP contribution in [0.4, 0.5) is 0 Å². The van der Waals surface area contributed by atoms with E-state index in [1.165, 1.54) is 0 Å². The van der Waals surface area contributed by atoms with Crippen molar-refractivity contribution in [3.05, 3.63) is 48.5 Å². The lowest BCUT2D eigenvalue weighted by molar-refractivity contribution is 0.0670. The fraction of sp³-hybridized carbons (Fsp3) is 0.412. The molecule has 1 amide bonds. The summed E-state index contributed by atoms with van der Waals surface area (Å²) in [5, 5.41) is 2.91. The standard InChI is InChI=1S/C17H21N3O3/c21-17(19-8-10-20-9-7-18-13-20)15-5-1-2-6-16(15)23-12-14-4-3-11-22-14/h1-2,5-7,9,13-14H,3-4,8,10-12H2,(H,19,21)/t14-/m0/s1. The molecule has 1 atom stereocenters. The Morgan fingerprint density at radius 1 is 1.43 bits per heavy atom. The second-order valence-corrected chi connectivity index (χ2v) is 5.50. The molecule has 0 bridgehead atoms. The Morgan fingerprint density at radius 3 is 3.13 bits per heavy atom. The molecule has 1 N–H and O–H groups in total. The SMILES string of the molecule is O=C(NCCn1ccnc1)c1ccccc1OC[C@@H]1CCCO1. The van der Waals surface area contributed by atoms with Crippen molar-refractivity contribution in [1.82, 2.24) is 14.9 Å². The Labute approximate surface area is 135 Å². The maximum atomic E-state index is 12.3. The molecule has 0 saturated carbocycles. The van der Waals surface area contributed by atoms with Crippen LogP contribution in [-0.4, -0.2) is 41.3 Å². The number of aromatic nitrogens is 2. The fourth-order valence-electron chi connectivity index (χ4n) is 2.55. The van der Waals surface area contributed by atoms with E-state index in [2.05, 4.69) is 10.3 Å². The van der Waals surface area contributed by atoms with Gasteiger partial charge in [-0.2, -0.15) is 0 Å². The molecular formula is C17H21N3O3. The summed E-state index contributed by atoms with van der Waals surface area (Å²) in [5.74, 6) is 0.469. The van der Waals surface area contributed by atoms with Gasteiger partial charge in [-0.1, -0.05) is 12.1 Å². The van der Waals surface area contributed by atoms with Crippen LogP contribution in [0.15, 0.2) is 43.0 Å². The molecule has 0 spiro atoms. The van der Waals surface area contributed by atoms with Crippen LogP contribution in [-0.2, 0) is 11.3 Å². The van der Waals surface area contributed by atoms with Gasteiger partial charge in [-0.05, 0) is 25.0 Å². The number of ether oxygens (including phenoxy) is 2. The minimum Gasteiger partial charge on any atom is -0.490 e. The normalized spacial score (nSPS) is 17.1. The fourth-order valence-corrected chi connectivity index (χ4v) is 2.55. The van der Waals surface area contributed by atoms with Crippen LogP contribution in [0.25, 0.3) is 0 Å². The molecule has 1 aliphatic heterocycles. The van der Waals surface area contributed by atoms with Gasteiger partial charge in [-0.25, -0.2) is 4.98 Å². The molecule has 0 aliphatic carbocycles. The van der Waals surface area contributed by atoms with Gasteiger partial charge in [-0.3, -0.25) is 4.79 Å². The van der Waals surface area contributed by atoms with Crippen LogP contribution in [0, 0.1) is 0 Å². The van der Waals surface area contributed by atoms with Gasteiger partial charge < -0.3 is 19.4 Å². The van der Waals surface area contributed by atoms with Gasteiger partial charge >= 0.3 is 0 Å². The van der Waals surface area contributed by atoms with Crippen LogP contribution >= 0.6 is 0 Å². The molecule has 1 aliphatic rings. The Hall–Kier alpha value is -2.34. The van der Waals surface area contributed by atoms with E-state index >= 15 is 0 Å². The zero-order valence-electron chi connectivity index (χ0n) is 13.0. The summed E-state index contributed by atoms with van der Waals surface area (Å²) < 4.78 is 13.3. The highest BCUT2D eigenvalue weighted by molar-refractivity contribution is 5.96. The lowest BCUT2D eigenvalue weighted by atomic mass is 10.2. The zero-order chi connectivity index (χ0) is 15.9. The number of benzene rings is 1. The first-order chi connectivity index (χ1) is 11.3. The van der Waals surface area contributed by atoms with Gasteiger partial charge in [0.15, 0.2) is 0 Å². The molecule has 0 unspecified atom stereocenters. The summed E-state index contributed by atoms with van der Waals surface area (Å²) >= 11 is 0. The second-order valence-electron chi connectivity index (χ2n) is 5.50. The van der Waals surface area contributed by atoms with Gasteiger partial charge in [0.2, 0.25) is 0 Å². The molecule has 2 aromatic rings. The third-order valence-electron chi connectivity index (χ3n) is 3.80. The van der Waals surface area contributed by atoms with E-state index < -0.39 is 0 Å². The number of hydrogen-bond donors (Lipinski definition) is 1. The summed E-state index contributed by atoms with van der Waals surface area (Å²) in [5.41, 5.74) is 0.552. The third kappa shape index (κ3) is 4.32. The maximum absolute atomic E-state index is 12.3.